The van der Waals surface area contributed by atoms with Gasteiger partial charge < -0.3 is 14.2 Å². The number of carbonyl (C=O) groups excluding carboxylic acids is 3. The van der Waals surface area contributed by atoms with E-state index in [9.17, 15) is 14.4 Å². The molecule has 43 heavy (non-hydrogen) atoms. The van der Waals surface area contributed by atoms with Crippen molar-refractivity contribution in [3.05, 3.63) is 11.6 Å². The second-order valence-corrected chi connectivity index (χ2v) is 17.2. The van der Waals surface area contributed by atoms with Crippen LogP contribution in [0.15, 0.2) is 11.6 Å². The molecular weight excluding hydrogens is 540 g/mol. The third kappa shape index (κ3) is 4.82. The molecule has 0 spiro atoms. The fraction of sp³-hybridized carbons (Fsp3) is 0.865. The molecule has 0 aromatic rings. The van der Waals surface area contributed by atoms with E-state index in [0.717, 1.165) is 57.8 Å². The maximum absolute atomic E-state index is 13.9. The lowest BCUT2D eigenvalue weighted by Gasteiger charge is -2.71. The van der Waals surface area contributed by atoms with Gasteiger partial charge in [0, 0.05) is 19.3 Å². The van der Waals surface area contributed by atoms with E-state index in [2.05, 4.69) is 61.5 Å². The number of ether oxygens (including phenoxy) is 3. The molecule has 0 heterocycles. The van der Waals surface area contributed by atoms with Crippen molar-refractivity contribution in [3.8, 4) is 0 Å². The highest BCUT2D eigenvalue weighted by Crippen LogP contribution is 2.76. The van der Waals surface area contributed by atoms with Gasteiger partial charge in [0.1, 0.15) is 12.2 Å². The van der Waals surface area contributed by atoms with Gasteiger partial charge >= 0.3 is 17.9 Å². The molecule has 0 aromatic heterocycles. The Morgan fingerprint density at radius 1 is 0.837 bits per heavy atom. The summed E-state index contributed by atoms with van der Waals surface area (Å²) in [6.07, 6.45) is 11.2. The van der Waals surface area contributed by atoms with Crippen molar-refractivity contribution in [1.29, 1.82) is 0 Å². The van der Waals surface area contributed by atoms with Crippen LogP contribution in [0.5, 0.6) is 0 Å². The predicted octanol–water partition coefficient (Wildman–Crippen LogP) is 8.21. The van der Waals surface area contributed by atoms with Crippen LogP contribution in [-0.4, -0.2) is 36.7 Å². The van der Waals surface area contributed by atoms with Gasteiger partial charge in [-0.25, -0.2) is 0 Å². The first-order chi connectivity index (χ1) is 19.9. The maximum atomic E-state index is 13.9. The van der Waals surface area contributed by atoms with E-state index in [1.807, 2.05) is 0 Å². The Kier molecular flexibility index (Phi) is 8.03. The van der Waals surface area contributed by atoms with Crippen LogP contribution in [0, 0.1) is 50.2 Å². The van der Waals surface area contributed by atoms with E-state index in [1.54, 1.807) is 0 Å². The van der Waals surface area contributed by atoms with Gasteiger partial charge in [-0.05, 0) is 104 Å². The zero-order chi connectivity index (χ0) is 31.8. The number of allylic oxidation sites excluding steroid dienone is 2. The normalized spacial score (nSPS) is 44.3. The summed E-state index contributed by atoms with van der Waals surface area (Å²) in [6.45, 7) is 22.1. The molecule has 0 amide bonds. The molecule has 0 N–H and O–H groups in total. The molecule has 6 nitrogen and oxygen atoms in total. The van der Waals surface area contributed by atoms with Crippen molar-refractivity contribution >= 4 is 17.9 Å². The Balaban J connectivity index is 1.57. The first kappa shape index (κ1) is 32.5. The van der Waals surface area contributed by atoms with Gasteiger partial charge in [-0.15, -0.1) is 0 Å². The smallest absolute Gasteiger partial charge is 0.312 e. The van der Waals surface area contributed by atoms with Gasteiger partial charge in [0.25, 0.3) is 0 Å². The number of rotatable bonds is 5. The molecule has 0 unspecified atom stereocenters. The van der Waals surface area contributed by atoms with Crippen LogP contribution in [0.1, 0.15) is 133 Å². The molecule has 5 rings (SSSR count). The zero-order valence-electron chi connectivity index (χ0n) is 28.7. The summed E-state index contributed by atoms with van der Waals surface area (Å²) in [5, 5.41) is 0. The standard InChI is InChI=1S/C37H58O6/c1-11-20-41-31(40)37-18-16-32(4,5)21-26(37)25-12-13-29-34(8)22-27(42-23(2)38)30(43-24(3)39)33(6,7)28(34)14-15-36(29,10)35(25,9)17-19-37/h12,26-30H,11,13-22H2,1-10H3/t26-,27+,28+,29+,30+,34+,35-,36+,37+/m1/s1. The van der Waals surface area contributed by atoms with E-state index in [0.29, 0.717) is 24.9 Å². The highest BCUT2D eigenvalue weighted by atomic mass is 16.6. The highest BCUT2D eigenvalue weighted by molar-refractivity contribution is 5.79. The highest BCUT2D eigenvalue weighted by Gasteiger charge is 2.71. The minimum Gasteiger partial charge on any atom is -0.465 e. The summed E-state index contributed by atoms with van der Waals surface area (Å²) in [5.41, 5.74) is 0.868. The quantitative estimate of drug-likeness (QED) is 0.180. The van der Waals surface area contributed by atoms with E-state index in [-0.39, 0.29) is 50.9 Å². The molecular formula is C37H58O6. The molecule has 6 heteroatoms. The lowest BCUT2D eigenvalue weighted by atomic mass is 9.33. The Labute approximate surface area is 260 Å². The molecule has 4 saturated carbocycles. The number of hydrogen-bond acceptors (Lipinski definition) is 6. The minimum absolute atomic E-state index is 0.0235. The number of esters is 3. The third-order valence-electron chi connectivity index (χ3n) is 14.0. The molecule has 0 saturated heterocycles. The second-order valence-electron chi connectivity index (χ2n) is 17.2. The van der Waals surface area contributed by atoms with Gasteiger partial charge in [0.2, 0.25) is 0 Å². The third-order valence-corrected chi connectivity index (χ3v) is 14.0. The van der Waals surface area contributed by atoms with Crippen LogP contribution < -0.4 is 0 Å². The van der Waals surface area contributed by atoms with E-state index in [4.69, 9.17) is 14.2 Å². The Hall–Kier alpha value is -1.85. The van der Waals surface area contributed by atoms with Crippen LogP contribution in [0.4, 0.5) is 0 Å². The summed E-state index contributed by atoms with van der Waals surface area (Å²) in [7, 11) is 0. The van der Waals surface area contributed by atoms with E-state index >= 15 is 0 Å². The van der Waals surface area contributed by atoms with Crippen molar-refractivity contribution in [1.82, 2.24) is 0 Å². The van der Waals surface area contributed by atoms with Crippen molar-refractivity contribution in [2.45, 2.75) is 146 Å². The van der Waals surface area contributed by atoms with E-state index < -0.39 is 17.6 Å². The van der Waals surface area contributed by atoms with Crippen LogP contribution >= 0.6 is 0 Å². The van der Waals surface area contributed by atoms with Crippen molar-refractivity contribution in [2.24, 2.45) is 50.2 Å². The predicted molar refractivity (Wildman–Crippen MR) is 167 cm³/mol. The van der Waals surface area contributed by atoms with Crippen molar-refractivity contribution in [3.63, 3.8) is 0 Å². The number of fused-ring (bicyclic) bond motifs is 7. The Morgan fingerprint density at radius 2 is 1.49 bits per heavy atom. The average molecular weight is 599 g/mol. The zero-order valence-corrected chi connectivity index (χ0v) is 28.7. The van der Waals surface area contributed by atoms with Crippen LogP contribution in [0.2, 0.25) is 0 Å². The SMILES string of the molecule is CCCOC(=O)[C@]12CCC(C)(C)C[C@@H]1C1=CC[C@H]3[C@@]4(C)C[C@H](OC(C)=O)[C@H](OC(C)=O)C(C)(C)[C@@H]4CC[C@]3(C)[C@]1(C)CC2. The van der Waals surface area contributed by atoms with Gasteiger partial charge in [-0.1, -0.05) is 67.0 Å². The summed E-state index contributed by atoms with van der Waals surface area (Å²) in [4.78, 5) is 38.5. The molecule has 0 bridgehead atoms. The fourth-order valence-corrected chi connectivity index (χ4v) is 11.8. The molecule has 242 valence electrons. The maximum Gasteiger partial charge on any atom is 0.312 e. The lowest BCUT2D eigenvalue weighted by Crippen LogP contribution is -2.67. The molecule has 0 aromatic carbocycles. The molecule has 5 aliphatic rings. The fourth-order valence-electron chi connectivity index (χ4n) is 11.8. The Bertz CT molecular complexity index is 1180. The second kappa shape index (κ2) is 10.6. The molecule has 9 atom stereocenters. The van der Waals surface area contributed by atoms with Crippen molar-refractivity contribution in [2.75, 3.05) is 6.61 Å². The average Bonchev–Trinajstić information content (AvgIpc) is 2.89. The van der Waals surface area contributed by atoms with E-state index in [1.165, 1.54) is 19.4 Å². The molecule has 5 aliphatic carbocycles. The van der Waals surface area contributed by atoms with Gasteiger partial charge in [0.05, 0.1) is 12.0 Å². The largest absolute Gasteiger partial charge is 0.465 e. The number of carbonyl (C=O) groups is 3. The number of hydrogen-bond donors (Lipinski definition) is 0. The first-order valence-electron chi connectivity index (χ1n) is 17.1. The monoisotopic (exact) mass is 598 g/mol. The first-order valence-corrected chi connectivity index (χ1v) is 17.1. The summed E-state index contributed by atoms with van der Waals surface area (Å²) < 4.78 is 17.9. The lowest BCUT2D eigenvalue weighted by molar-refractivity contribution is -0.244. The molecule has 0 radical (unpaired) electrons. The van der Waals surface area contributed by atoms with Crippen LogP contribution in [0.25, 0.3) is 0 Å². The van der Waals surface area contributed by atoms with Crippen molar-refractivity contribution < 1.29 is 28.6 Å². The topological polar surface area (TPSA) is 78.9 Å². The van der Waals surface area contributed by atoms with Crippen LogP contribution in [-0.2, 0) is 28.6 Å². The minimum atomic E-state index is -0.468. The molecule has 4 fully saturated rings. The van der Waals surface area contributed by atoms with Gasteiger partial charge in [-0.2, -0.15) is 0 Å². The van der Waals surface area contributed by atoms with Crippen LogP contribution in [0.3, 0.4) is 0 Å². The Morgan fingerprint density at radius 3 is 2.12 bits per heavy atom. The summed E-state index contributed by atoms with van der Waals surface area (Å²) >= 11 is 0. The van der Waals surface area contributed by atoms with Gasteiger partial charge in [0.15, 0.2) is 0 Å². The summed E-state index contributed by atoms with van der Waals surface area (Å²) in [5.74, 6) is 0.320. The summed E-state index contributed by atoms with van der Waals surface area (Å²) in [6, 6.07) is 0. The molecule has 0 aliphatic heterocycles. The van der Waals surface area contributed by atoms with Gasteiger partial charge in [-0.3, -0.25) is 14.4 Å².